The molecule has 0 aromatic carbocycles. The van der Waals surface area contributed by atoms with E-state index in [0.29, 0.717) is 13.2 Å². The van der Waals surface area contributed by atoms with Gasteiger partial charge >= 0.3 is 0 Å². The summed E-state index contributed by atoms with van der Waals surface area (Å²) < 4.78 is 4.99. The summed E-state index contributed by atoms with van der Waals surface area (Å²) in [6.07, 6.45) is -0.548. The van der Waals surface area contributed by atoms with Gasteiger partial charge in [-0.2, -0.15) is 0 Å². The van der Waals surface area contributed by atoms with Gasteiger partial charge in [-0.25, -0.2) is 0 Å². The van der Waals surface area contributed by atoms with E-state index in [2.05, 4.69) is 5.32 Å². The lowest BCUT2D eigenvalue weighted by Crippen LogP contribution is -2.44. The molecular weight excluding hydrogens is 158 g/mol. The zero-order valence-electron chi connectivity index (χ0n) is 7.41. The van der Waals surface area contributed by atoms with E-state index in [1.807, 2.05) is 13.8 Å². The average Bonchev–Trinajstić information content (AvgIpc) is 2.36. The van der Waals surface area contributed by atoms with Crippen LogP contribution in [-0.4, -0.2) is 36.4 Å². The standard InChI is InChI=1S/C8H15NO3/c1-5(2)8(11)9-6-3-12-4-7(6)10/h5-7,10H,3-4H2,1-2H3,(H,9,11)/t6-,7+/m0/s1. The smallest absolute Gasteiger partial charge is 0.222 e. The van der Waals surface area contributed by atoms with Crippen molar-refractivity contribution in [3.05, 3.63) is 0 Å². The Morgan fingerprint density at radius 1 is 1.58 bits per heavy atom. The van der Waals surface area contributed by atoms with E-state index in [1.165, 1.54) is 0 Å². The number of nitrogens with one attached hydrogen (secondary N) is 1. The van der Waals surface area contributed by atoms with Crippen LogP contribution < -0.4 is 5.32 Å². The SMILES string of the molecule is CC(C)C(=O)N[C@H]1COC[C@H]1O. The van der Waals surface area contributed by atoms with E-state index in [1.54, 1.807) is 0 Å². The molecule has 0 aromatic heterocycles. The van der Waals surface area contributed by atoms with Crippen molar-refractivity contribution in [2.45, 2.75) is 26.0 Å². The maximum absolute atomic E-state index is 11.2. The summed E-state index contributed by atoms with van der Waals surface area (Å²) in [5, 5.41) is 12.0. The van der Waals surface area contributed by atoms with Crippen molar-refractivity contribution < 1.29 is 14.6 Å². The van der Waals surface area contributed by atoms with Crippen LogP contribution in [0.1, 0.15) is 13.8 Å². The molecule has 1 amide bonds. The van der Waals surface area contributed by atoms with Crippen LogP contribution in [0.4, 0.5) is 0 Å². The molecule has 70 valence electrons. The monoisotopic (exact) mass is 173 g/mol. The number of aliphatic hydroxyl groups excluding tert-OH is 1. The zero-order valence-corrected chi connectivity index (χ0v) is 7.41. The van der Waals surface area contributed by atoms with E-state index in [4.69, 9.17) is 4.74 Å². The van der Waals surface area contributed by atoms with Gasteiger partial charge in [-0.05, 0) is 0 Å². The predicted octanol–water partition coefficient (Wildman–Crippen LogP) is -0.482. The van der Waals surface area contributed by atoms with Crippen LogP contribution in [0.5, 0.6) is 0 Å². The highest BCUT2D eigenvalue weighted by Crippen LogP contribution is 2.05. The summed E-state index contributed by atoms with van der Waals surface area (Å²) in [6.45, 7) is 4.37. The summed E-state index contributed by atoms with van der Waals surface area (Å²) in [7, 11) is 0. The second kappa shape index (κ2) is 3.87. The fourth-order valence-corrected chi connectivity index (χ4v) is 1.03. The summed E-state index contributed by atoms with van der Waals surface area (Å²) in [5.41, 5.74) is 0. The van der Waals surface area contributed by atoms with Gasteiger partial charge < -0.3 is 15.2 Å². The molecule has 1 aliphatic heterocycles. The lowest BCUT2D eigenvalue weighted by Gasteiger charge is -2.15. The van der Waals surface area contributed by atoms with Crippen LogP contribution >= 0.6 is 0 Å². The Bertz CT molecular complexity index is 170. The quantitative estimate of drug-likeness (QED) is 0.593. The van der Waals surface area contributed by atoms with Crippen molar-refractivity contribution in [1.29, 1.82) is 0 Å². The molecule has 0 saturated carbocycles. The first-order valence-electron chi connectivity index (χ1n) is 4.17. The normalized spacial score (nSPS) is 29.3. The molecule has 0 radical (unpaired) electrons. The molecule has 1 aliphatic rings. The summed E-state index contributed by atoms with van der Waals surface area (Å²) >= 11 is 0. The molecule has 0 bridgehead atoms. The van der Waals surface area contributed by atoms with Crippen LogP contribution in [0.15, 0.2) is 0 Å². The molecule has 0 unspecified atom stereocenters. The molecule has 1 fully saturated rings. The number of carbonyl (C=O) groups is 1. The van der Waals surface area contributed by atoms with E-state index in [-0.39, 0.29) is 17.9 Å². The van der Waals surface area contributed by atoms with Gasteiger partial charge in [-0.1, -0.05) is 13.8 Å². The highest BCUT2D eigenvalue weighted by Gasteiger charge is 2.27. The maximum atomic E-state index is 11.2. The van der Waals surface area contributed by atoms with Crippen molar-refractivity contribution >= 4 is 5.91 Å². The molecule has 1 rings (SSSR count). The second-order valence-corrected chi connectivity index (χ2v) is 3.37. The molecule has 2 N–H and O–H groups in total. The minimum absolute atomic E-state index is 0.0375. The highest BCUT2D eigenvalue weighted by atomic mass is 16.5. The van der Waals surface area contributed by atoms with Crippen molar-refractivity contribution in [3.63, 3.8) is 0 Å². The second-order valence-electron chi connectivity index (χ2n) is 3.37. The van der Waals surface area contributed by atoms with Gasteiger partial charge in [0.05, 0.1) is 25.4 Å². The Labute approximate surface area is 71.9 Å². The molecule has 0 aromatic rings. The van der Waals surface area contributed by atoms with Crippen LogP contribution in [0.3, 0.4) is 0 Å². The van der Waals surface area contributed by atoms with Crippen molar-refractivity contribution in [2.75, 3.05) is 13.2 Å². The van der Waals surface area contributed by atoms with Crippen LogP contribution in [0.2, 0.25) is 0 Å². The molecule has 0 aliphatic carbocycles. The fourth-order valence-electron chi connectivity index (χ4n) is 1.03. The Morgan fingerprint density at radius 3 is 2.67 bits per heavy atom. The zero-order chi connectivity index (χ0) is 9.14. The number of amides is 1. The summed E-state index contributed by atoms with van der Waals surface area (Å²) in [6, 6.07) is -0.222. The van der Waals surface area contributed by atoms with Crippen molar-refractivity contribution in [2.24, 2.45) is 5.92 Å². The third-order valence-corrected chi connectivity index (χ3v) is 1.90. The van der Waals surface area contributed by atoms with Gasteiger partial charge in [-0.15, -0.1) is 0 Å². The fraction of sp³-hybridized carbons (Fsp3) is 0.875. The molecule has 0 spiro atoms. The molecule has 1 heterocycles. The molecule has 12 heavy (non-hydrogen) atoms. The van der Waals surface area contributed by atoms with Crippen LogP contribution in [-0.2, 0) is 9.53 Å². The third kappa shape index (κ3) is 2.19. The average molecular weight is 173 g/mol. The van der Waals surface area contributed by atoms with Gasteiger partial charge in [0, 0.05) is 5.92 Å². The van der Waals surface area contributed by atoms with E-state index in [0.717, 1.165) is 0 Å². The van der Waals surface area contributed by atoms with Crippen LogP contribution in [0.25, 0.3) is 0 Å². The van der Waals surface area contributed by atoms with E-state index in [9.17, 15) is 9.90 Å². The molecular formula is C8H15NO3. The van der Waals surface area contributed by atoms with E-state index < -0.39 is 6.10 Å². The van der Waals surface area contributed by atoms with Gasteiger partial charge in [-0.3, -0.25) is 4.79 Å². The number of ether oxygens (including phenoxy) is 1. The molecule has 2 atom stereocenters. The first-order chi connectivity index (χ1) is 5.61. The first kappa shape index (κ1) is 9.48. The number of aliphatic hydroxyl groups is 1. The number of hydrogen-bond acceptors (Lipinski definition) is 3. The summed E-state index contributed by atoms with van der Waals surface area (Å²) in [4.78, 5) is 11.2. The van der Waals surface area contributed by atoms with Crippen molar-refractivity contribution in [3.8, 4) is 0 Å². The highest BCUT2D eigenvalue weighted by molar-refractivity contribution is 5.78. The maximum Gasteiger partial charge on any atom is 0.222 e. The van der Waals surface area contributed by atoms with Crippen LogP contribution in [0, 0.1) is 5.92 Å². The topological polar surface area (TPSA) is 58.6 Å². The first-order valence-corrected chi connectivity index (χ1v) is 4.17. The largest absolute Gasteiger partial charge is 0.388 e. The number of rotatable bonds is 2. The van der Waals surface area contributed by atoms with Gasteiger partial charge in [0.2, 0.25) is 5.91 Å². The molecule has 1 saturated heterocycles. The van der Waals surface area contributed by atoms with Gasteiger partial charge in [0.1, 0.15) is 0 Å². The predicted molar refractivity (Wildman–Crippen MR) is 43.6 cm³/mol. The number of carbonyl (C=O) groups excluding carboxylic acids is 1. The Kier molecular flexibility index (Phi) is 3.05. The minimum Gasteiger partial charge on any atom is -0.388 e. The van der Waals surface area contributed by atoms with E-state index >= 15 is 0 Å². The Morgan fingerprint density at radius 2 is 2.25 bits per heavy atom. The molecule has 4 heteroatoms. The minimum atomic E-state index is -0.548. The Balaban J connectivity index is 2.35. The third-order valence-electron chi connectivity index (χ3n) is 1.90. The summed E-state index contributed by atoms with van der Waals surface area (Å²) in [5.74, 6) is -0.0812. The van der Waals surface area contributed by atoms with Gasteiger partial charge in [0.25, 0.3) is 0 Å². The lowest BCUT2D eigenvalue weighted by atomic mass is 10.1. The lowest BCUT2D eigenvalue weighted by molar-refractivity contribution is -0.125. The van der Waals surface area contributed by atoms with Gasteiger partial charge in [0.15, 0.2) is 0 Å². The van der Waals surface area contributed by atoms with Crippen molar-refractivity contribution in [1.82, 2.24) is 5.32 Å². The molecule has 4 nitrogen and oxygen atoms in total. The number of hydrogen-bond donors (Lipinski definition) is 2. The Hall–Kier alpha value is -0.610.